The van der Waals surface area contributed by atoms with Gasteiger partial charge in [0.1, 0.15) is 17.2 Å². The molecule has 178 valence electrons. The molecule has 2 aromatic carbocycles. The molecule has 5 rings (SSSR count). The zero-order valence-corrected chi connectivity index (χ0v) is 18.7. The second kappa shape index (κ2) is 9.30. The Kier molecular flexibility index (Phi) is 6.06. The monoisotopic (exact) mass is 469 g/mol. The standard InChI is InChI=1S/C24H25F2N5O3/c1-14(29-18-11-15(25)10-16(26)12-18)21-22(32)19-13-17(30-24-27-4-5-28-24)2-3-20(19)34-23(21)31-6-8-33-9-7-31/h2-3,10-14,29H,4-9H2,1H3,(H2,27,28,30). The first-order valence-corrected chi connectivity index (χ1v) is 11.2. The first kappa shape index (κ1) is 22.1. The summed E-state index contributed by atoms with van der Waals surface area (Å²) in [5.41, 5.74) is 1.55. The predicted octanol–water partition coefficient (Wildman–Crippen LogP) is 3.45. The van der Waals surface area contributed by atoms with E-state index in [1.165, 1.54) is 12.1 Å². The van der Waals surface area contributed by atoms with Crippen molar-refractivity contribution >= 4 is 34.2 Å². The fourth-order valence-corrected chi connectivity index (χ4v) is 4.24. The summed E-state index contributed by atoms with van der Waals surface area (Å²) in [5.74, 6) is -0.321. The summed E-state index contributed by atoms with van der Waals surface area (Å²) in [6.45, 7) is 5.36. The second-order valence-corrected chi connectivity index (χ2v) is 8.27. The van der Waals surface area contributed by atoms with E-state index in [2.05, 4.69) is 20.9 Å². The third-order valence-electron chi connectivity index (χ3n) is 5.82. The van der Waals surface area contributed by atoms with Crippen molar-refractivity contribution in [3.8, 4) is 0 Å². The van der Waals surface area contributed by atoms with Crippen molar-refractivity contribution in [3.05, 3.63) is 63.8 Å². The van der Waals surface area contributed by atoms with E-state index in [4.69, 9.17) is 9.15 Å². The molecule has 0 bridgehead atoms. The van der Waals surface area contributed by atoms with E-state index < -0.39 is 17.7 Å². The quantitative estimate of drug-likeness (QED) is 0.527. The lowest BCUT2D eigenvalue weighted by Gasteiger charge is -2.30. The molecule has 8 nitrogen and oxygen atoms in total. The van der Waals surface area contributed by atoms with Crippen molar-refractivity contribution < 1.29 is 17.9 Å². The highest BCUT2D eigenvalue weighted by molar-refractivity contribution is 5.96. The van der Waals surface area contributed by atoms with Crippen molar-refractivity contribution in [2.24, 2.45) is 4.99 Å². The zero-order valence-electron chi connectivity index (χ0n) is 18.7. The molecule has 1 atom stereocenters. The first-order valence-electron chi connectivity index (χ1n) is 11.2. The van der Waals surface area contributed by atoms with Crippen LogP contribution >= 0.6 is 0 Å². The molecule has 2 aliphatic rings. The number of hydrogen-bond acceptors (Lipinski definition) is 8. The van der Waals surface area contributed by atoms with Crippen molar-refractivity contribution in [2.75, 3.05) is 54.9 Å². The Morgan fingerprint density at radius 1 is 1.09 bits per heavy atom. The fraction of sp³-hybridized carbons (Fsp3) is 0.333. The van der Waals surface area contributed by atoms with Crippen LogP contribution in [0.5, 0.6) is 0 Å². The van der Waals surface area contributed by atoms with Gasteiger partial charge in [0.05, 0.1) is 36.8 Å². The number of halogens is 2. The minimum absolute atomic E-state index is 0.218. The summed E-state index contributed by atoms with van der Waals surface area (Å²) >= 11 is 0. The molecule has 3 N–H and O–H groups in total. The molecule has 1 saturated heterocycles. The Bertz CT molecular complexity index is 1280. The molecule has 1 unspecified atom stereocenters. The lowest BCUT2D eigenvalue weighted by Crippen LogP contribution is -2.38. The van der Waals surface area contributed by atoms with Crippen LogP contribution in [0.1, 0.15) is 18.5 Å². The number of nitrogens with one attached hydrogen (secondary N) is 3. The van der Waals surface area contributed by atoms with Gasteiger partial charge >= 0.3 is 0 Å². The van der Waals surface area contributed by atoms with Crippen LogP contribution in [0.2, 0.25) is 0 Å². The number of anilines is 3. The van der Waals surface area contributed by atoms with E-state index in [-0.39, 0.29) is 11.1 Å². The van der Waals surface area contributed by atoms with Gasteiger partial charge in [-0.25, -0.2) is 8.78 Å². The normalized spacial score (nSPS) is 16.8. The van der Waals surface area contributed by atoms with Crippen LogP contribution in [-0.2, 0) is 4.74 Å². The summed E-state index contributed by atoms with van der Waals surface area (Å²) in [4.78, 5) is 20.1. The number of guanidine groups is 1. The van der Waals surface area contributed by atoms with Gasteiger partial charge in [0.15, 0.2) is 11.4 Å². The van der Waals surface area contributed by atoms with Gasteiger partial charge in [0, 0.05) is 37.1 Å². The Labute approximate surface area is 194 Å². The molecule has 3 heterocycles. The molecular weight excluding hydrogens is 444 g/mol. The number of hydrogen-bond donors (Lipinski definition) is 3. The molecule has 1 fully saturated rings. The van der Waals surface area contributed by atoms with Crippen molar-refractivity contribution in [1.29, 1.82) is 0 Å². The zero-order chi connectivity index (χ0) is 23.7. The van der Waals surface area contributed by atoms with E-state index >= 15 is 0 Å². The SMILES string of the molecule is CC(Nc1cc(F)cc(F)c1)c1c(N2CCOCC2)oc2ccc(NC3=NCCN3)cc2c1=O. The van der Waals surface area contributed by atoms with E-state index in [9.17, 15) is 13.6 Å². The smallest absolute Gasteiger partial charge is 0.205 e. The van der Waals surface area contributed by atoms with E-state index in [0.29, 0.717) is 66.9 Å². The highest BCUT2D eigenvalue weighted by atomic mass is 19.1. The van der Waals surface area contributed by atoms with Crippen molar-refractivity contribution in [3.63, 3.8) is 0 Å². The molecule has 0 amide bonds. The van der Waals surface area contributed by atoms with E-state index in [1.807, 2.05) is 11.0 Å². The molecule has 0 spiro atoms. The number of ether oxygens (including phenoxy) is 1. The topological polar surface area (TPSA) is 91.1 Å². The van der Waals surface area contributed by atoms with Crippen LogP contribution in [0.4, 0.5) is 26.0 Å². The summed E-state index contributed by atoms with van der Waals surface area (Å²) < 4.78 is 39.2. The lowest BCUT2D eigenvalue weighted by atomic mass is 10.0. The second-order valence-electron chi connectivity index (χ2n) is 8.27. The largest absolute Gasteiger partial charge is 0.440 e. The van der Waals surface area contributed by atoms with Gasteiger partial charge in [-0.2, -0.15) is 0 Å². The minimum Gasteiger partial charge on any atom is -0.440 e. The highest BCUT2D eigenvalue weighted by Gasteiger charge is 2.26. The summed E-state index contributed by atoms with van der Waals surface area (Å²) in [7, 11) is 0. The number of morpholine rings is 1. The number of aliphatic imine (C=N–C) groups is 1. The van der Waals surface area contributed by atoms with Gasteiger partial charge in [-0.05, 0) is 37.3 Å². The molecular formula is C24H25F2N5O3. The van der Waals surface area contributed by atoms with E-state index in [0.717, 1.165) is 12.6 Å². The first-order chi connectivity index (χ1) is 16.5. The van der Waals surface area contributed by atoms with Crippen LogP contribution in [0.15, 0.2) is 50.6 Å². The van der Waals surface area contributed by atoms with Gasteiger partial charge in [0.2, 0.25) is 5.88 Å². The molecule has 34 heavy (non-hydrogen) atoms. The maximum atomic E-state index is 13.8. The average Bonchev–Trinajstić information content (AvgIpc) is 3.32. The number of rotatable bonds is 5. The summed E-state index contributed by atoms with van der Waals surface area (Å²) in [6.07, 6.45) is 0. The Hall–Kier alpha value is -3.66. The highest BCUT2D eigenvalue weighted by Crippen LogP contribution is 2.31. The Balaban J connectivity index is 1.58. The molecule has 3 aromatic rings. The molecule has 0 saturated carbocycles. The van der Waals surface area contributed by atoms with Crippen LogP contribution in [-0.4, -0.2) is 45.4 Å². The minimum atomic E-state index is -0.701. The van der Waals surface area contributed by atoms with Gasteiger partial charge in [-0.1, -0.05) is 0 Å². The van der Waals surface area contributed by atoms with Gasteiger partial charge in [-0.15, -0.1) is 0 Å². The number of nitrogens with zero attached hydrogens (tertiary/aromatic N) is 2. The third kappa shape index (κ3) is 4.54. The van der Waals surface area contributed by atoms with Crippen LogP contribution in [0.3, 0.4) is 0 Å². The maximum absolute atomic E-state index is 13.8. The van der Waals surface area contributed by atoms with Gasteiger partial charge < -0.3 is 30.0 Å². The lowest BCUT2D eigenvalue weighted by molar-refractivity contribution is 0.120. The predicted molar refractivity (Wildman–Crippen MR) is 128 cm³/mol. The fourth-order valence-electron chi connectivity index (χ4n) is 4.24. The molecule has 2 aliphatic heterocycles. The molecule has 10 heteroatoms. The van der Waals surface area contributed by atoms with Gasteiger partial charge in [0.25, 0.3) is 0 Å². The molecule has 0 radical (unpaired) electrons. The van der Waals surface area contributed by atoms with Crippen LogP contribution in [0, 0.1) is 11.6 Å². The third-order valence-corrected chi connectivity index (χ3v) is 5.82. The number of fused-ring (bicyclic) bond motifs is 1. The summed E-state index contributed by atoms with van der Waals surface area (Å²) in [6, 6.07) is 7.90. The molecule has 0 aliphatic carbocycles. The average molecular weight is 469 g/mol. The molecule has 1 aromatic heterocycles. The maximum Gasteiger partial charge on any atom is 0.205 e. The Morgan fingerprint density at radius 3 is 2.56 bits per heavy atom. The van der Waals surface area contributed by atoms with Crippen molar-refractivity contribution in [1.82, 2.24) is 5.32 Å². The number of benzene rings is 2. The summed E-state index contributed by atoms with van der Waals surface area (Å²) in [5, 5.41) is 9.76. The van der Waals surface area contributed by atoms with E-state index in [1.54, 1.807) is 19.1 Å². The van der Waals surface area contributed by atoms with Crippen LogP contribution < -0.4 is 26.3 Å². The van der Waals surface area contributed by atoms with Gasteiger partial charge in [-0.3, -0.25) is 9.79 Å². The van der Waals surface area contributed by atoms with Crippen LogP contribution in [0.25, 0.3) is 11.0 Å². The Morgan fingerprint density at radius 2 is 1.85 bits per heavy atom. The van der Waals surface area contributed by atoms with Crippen molar-refractivity contribution in [2.45, 2.75) is 13.0 Å².